The number of anilines is 1. The minimum absolute atomic E-state index is 0.0275. The molecule has 1 aliphatic heterocycles. The van der Waals surface area contributed by atoms with Gasteiger partial charge in [-0.2, -0.15) is 0 Å². The van der Waals surface area contributed by atoms with Gasteiger partial charge in [-0.25, -0.2) is 9.78 Å². The molecule has 0 radical (unpaired) electrons. The highest BCUT2D eigenvalue weighted by atomic mass is 16.6. The number of benzene rings is 2. The minimum Gasteiger partial charge on any atom is -0.493 e. The Hall–Kier alpha value is -4.05. The quantitative estimate of drug-likeness (QED) is 0.301. The number of morpholine rings is 1. The van der Waals surface area contributed by atoms with Crippen LogP contribution in [0.4, 0.5) is 10.5 Å². The zero-order chi connectivity index (χ0) is 29.2. The van der Waals surface area contributed by atoms with Crippen LogP contribution in [0.15, 0.2) is 46.9 Å². The Bertz CT molecular complexity index is 1300. The number of aromatic nitrogens is 1. The standard InChI is InChI=1S/C31H39N3O7/c1-21(2)40-31(37)32-14-12-25-20-27(10-6-23(25)7-11-29(35)36)39-17-13-28-22(3)41-30(33-28)24-4-8-26(9-5-24)34-15-18-38-19-16-34/h4-6,8-10,20-21H,7,11-19H2,1-3H3,(H,32,37)(H,35,36). The monoisotopic (exact) mass is 565 g/mol. The number of carboxylic acids is 1. The Morgan fingerprint density at radius 1 is 1.05 bits per heavy atom. The molecule has 1 amide bonds. The van der Waals surface area contributed by atoms with Crippen molar-refractivity contribution in [2.45, 2.75) is 52.6 Å². The van der Waals surface area contributed by atoms with E-state index >= 15 is 0 Å². The first-order valence-electron chi connectivity index (χ1n) is 14.1. The van der Waals surface area contributed by atoms with Crippen LogP contribution in [0.1, 0.15) is 42.8 Å². The molecule has 0 unspecified atom stereocenters. The fourth-order valence-electron chi connectivity index (χ4n) is 4.65. The van der Waals surface area contributed by atoms with Crippen LogP contribution in [0.5, 0.6) is 5.75 Å². The van der Waals surface area contributed by atoms with E-state index in [1.165, 1.54) is 0 Å². The lowest BCUT2D eigenvalue weighted by Crippen LogP contribution is -2.36. The summed E-state index contributed by atoms with van der Waals surface area (Å²) in [4.78, 5) is 30.0. The molecular formula is C31H39N3O7. The van der Waals surface area contributed by atoms with E-state index in [9.17, 15) is 9.59 Å². The van der Waals surface area contributed by atoms with Gasteiger partial charge in [-0.3, -0.25) is 4.79 Å². The highest BCUT2D eigenvalue weighted by Crippen LogP contribution is 2.26. The summed E-state index contributed by atoms with van der Waals surface area (Å²) in [6.45, 7) is 9.50. The number of aryl methyl sites for hydroxylation is 2. The molecule has 2 N–H and O–H groups in total. The molecule has 3 aromatic rings. The Labute approximate surface area is 240 Å². The SMILES string of the molecule is Cc1oc(-c2ccc(N3CCOCC3)cc2)nc1CCOc1ccc(CCC(=O)O)c(CCNC(=O)OC(C)C)c1. The van der Waals surface area contributed by atoms with Gasteiger partial charge in [-0.1, -0.05) is 6.07 Å². The first kappa shape index (κ1) is 29.9. The third kappa shape index (κ3) is 8.97. The Morgan fingerprint density at radius 3 is 2.51 bits per heavy atom. The summed E-state index contributed by atoms with van der Waals surface area (Å²) in [7, 11) is 0. The largest absolute Gasteiger partial charge is 0.493 e. The molecule has 4 rings (SSSR count). The second-order valence-electron chi connectivity index (χ2n) is 10.2. The topological polar surface area (TPSA) is 123 Å². The molecule has 1 saturated heterocycles. The van der Waals surface area contributed by atoms with Gasteiger partial charge < -0.3 is 34.0 Å². The predicted octanol–water partition coefficient (Wildman–Crippen LogP) is 4.80. The molecule has 0 spiro atoms. The lowest BCUT2D eigenvalue weighted by atomic mass is 10.00. The maximum absolute atomic E-state index is 11.8. The van der Waals surface area contributed by atoms with Crippen molar-refractivity contribution in [1.82, 2.24) is 10.3 Å². The van der Waals surface area contributed by atoms with E-state index < -0.39 is 12.1 Å². The number of hydrogen-bond acceptors (Lipinski definition) is 8. The van der Waals surface area contributed by atoms with Gasteiger partial charge in [0.05, 0.1) is 31.6 Å². The molecule has 2 aromatic carbocycles. The van der Waals surface area contributed by atoms with Crippen LogP contribution in [-0.2, 0) is 33.5 Å². The lowest BCUT2D eigenvalue weighted by Gasteiger charge is -2.28. The maximum Gasteiger partial charge on any atom is 0.407 e. The second kappa shape index (κ2) is 14.5. The minimum atomic E-state index is -0.856. The summed E-state index contributed by atoms with van der Waals surface area (Å²) in [5, 5.41) is 11.9. The molecule has 10 nitrogen and oxygen atoms in total. The van der Waals surface area contributed by atoms with E-state index in [0.717, 1.165) is 60.1 Å². The molecule has 10 heteroatoms. The first-order chi connectivity index (χ1) is 19.8. The molecule has 0 bridgehead atoms. The summed E-state index contributed by atoms with van der Waals surface area (Å²) >= 11 is 0. The number of nitrogens with zero attached hydrogens (tertiary/aromatic N) is 2. The van der Waals surface area contributed by atoms with Crippen LogP contribution >= 0.6 is 0 Å². The van der Waals surface area contributed by atoms with Gasteiger partial charge in [-0.15, -0.1) is 0 Å². The molecule has 0 atom stereocenters. The van der Waals surface area contributed by atoms with Gasteiger partial charge in [0.15, 0.2) is 0 Å². The number of alkyl carbamates (subject to hydrolysis) is 1. The number of ether oxygens (including phenoxy) is 3. The number of amides is 1. The third-order valence-corrected chi connectivity index (χ3v) is 6.78. The van der Waals surface area contributed by atoms with Crippen LogP contribution in [0.25, 0.3) is 11.5 Å². The van der Waals surface area contributed by atoms with Crippen LogP contribution in [-0.4, -0.2) is 67.7 Å². The van der Waals surface area contributed by atoms with E-state index in [0.29, 0.717) is 44.1 Å². The van der Waals surface area contributed by atoms with Crippen LogP contribution in [0, 0.1) is 6.92 Å². The fourth-order valence-corrected chi connectivity index (χ4v) is 4.65. The van der Waals surface area contributed by atoms with Crippen molar-refractivity contribution in [2.24, 2.45) is 0 Å². The second-order valence-corrected chi connectivity index (χ2v) is 10.2. The molecule has 0 aliphatic carbocycles. The van der Waals surface area contributed by atoms with Gasteiger partial charge in [0.1, 0.15) is 11.5 Å². The molecule has 0 saturated carbocycles. The van der Waals surface area contributed by atoms with Crippen molar-refractivity contribution in [3.8, 4) is 17.2 Å². The summed E-state index contributed by atoms with van der Waals surface area (Å²) < 4.78 is 22.6. The number of nitrogens with one attached hydrogen (secondary N) is 1. The Kier molecular flexibility index (Phi) is 10.6. The Morgan fingerprint density at radius 2 is 1.80 bits per heavy atom. The molecular weight excluding hydrogens is 526 g/mol. The number of rotatable bonds is 13. The lowest BCUT2D eigenvalue weighted by molar-refractivity contribution is -0.136. The molecule has 1 aromatic heterocycles. The van der Waals surface area contributed by atoms with Gasteiger partial charge >= 0.3 is 12.1 Å². The molecule has 41 heavy (non-hydrogen) atoms. The summed E-state index contributed by atoms with van der Waals surface area (Å²) in [5.41, 5.74) is 4.76. The molecule has 1 aliphatic rings. The van der Waals surface area contributed by atoms with E-state index in [1.54, 1.807) is 13.8 Å². The van der Waals surface area contributed by atoms with Crippen molar-refractivity contribution in [3.63, 3.8) is 0 Å². The summed E-state index contributed by atoms with van der Waals surface area (Å²) in [6.07, 6.45) is 0.836. The van der Waals surface area contributed by atoms with E-state index in [1.807, 2.05) is 37.3 Å². The number of oxazole rings is 1. The van der Waals surface area contributed by atoms with E-state index in [4.69, 9.17) is 28.7 Å². The maximum atomic E-state index is 11.8. The average molecular weight is 566 g/mol. The third-order valence-electron chi connectivity index (χ3n) is 6.78. The van der Waals surface area contributed by atoms with Crippen LogP contribution in [0.2, 0.25) is 0 Å². The van der Waals surface area contributed by atoms with Crippen LogP contribution in [0.3, 0.4) is 0 Å². The van der Waals surface area contributed by atoms with Crippen molar-refractivity contribution in [1.29, 1.82) is 0 Å². The van der Waals surface area contributed by atoms with E-state index in [-0.39, 0.29) is 12.5 Å². The zero-order valence-corrected chi connectivity index (χ0v) is 24.0. The van der Waals surface area contributed by atoms with Gasteiger partial charge in [-0.05, 0) is 81.1 Å². The first-order valence-corrected chi connectivity index (χ1v) is 14.1. The normalized spacial score (nSPS) is 13.3. The Balaban J connectivity index is 1.34. The highest BCUT2D eigenvalue weighted by Gasteiger charge is 2.15. The van der Waals surface area contributed by atoms with Crippen molar-refractivity contribution < 1.29 is 33.3 Å². The van der Waals surface area contributed by atoms with Crippen molar-refractivity contribution in [3.05, 3.63) is 65.0 Å². The van der Waals surface area contributed by atoms with Crippen molar-refractivity contribution in [2.75, 3.05) is 44.4 Å². The zero-order valence-electron chi connectivity index (χ0n) is 24.0. The van der Waals surface area contributed by atoms with Gasteiger partial charge in [0.25, 0.3) is 0 Å². The smallest absolute Gasteiger partial charge is 0.407 e. The number of carboxylic acid groups (broad SMARTS) is 1. The number of hydrogen-bond donors (Lipinski definition) is 2. The number of carbonyl (C=O) groups excluding carboxylic acids is 1. The summed E-state index contributed by atoms with van der Waals surface area (Å²) in [5.74, 6) is 1.15. The fraction of sp³-hybridized carbons (Fsp3) is 0.452. The number of aliphatic carboxylic acids is 1. The van der Waals surface area contributed by atoms with Gasteiger partial charge in [0.2, 0.25) is 5.89 Å². The van der Waals surface area contributed by atoms with E-state index in [2.05, 4.69) is 22.3 Å². The molecule has 220 valence electrons. The van der Waals surface area contributed by atoms with Crippen LogP contribution < -0.4 is 15.0 Å². The number of carbonyl (C=O) groups is 2. The van der Waals surface area contributed by atoms with Crippen molar-refractivity contribution >= 4 is 17.7 Å². The predicted molar refractivity (Wildman–Crippen MR) is 155 cm³/mol. The highest BCUT2D eigenvalue weighted by molar-refractivity contribution is 5.68. The molecule has 2 heterocycles. The molecule has 1 fully saturated rings. The van der Waals surface area contributed by atoms with Gasteiger partial charge in [0, 0.05) is 43.7 Å². The summed E-state index contributed by atoms with van der Waals surface area (Å²) in [6, 6.07) is 13.9. The average Bonchev–Trinajstić information content (AvgIpc) is 3.32.